The molecule has 0 aliphatic rings. The van der Waals surface area contributed by atoms with E-state index >= 15 is 0 Å². The fraction of sp³-hybridized carbons (Fsp3) is 0.765. The smallest absolute Gasteiger partial charge is 0.131 e. The van der Waals surface area contributed by atoms with Crippen molar-refractivity contribution >= 4 is 0 Å². The lowest BCUT2D eigenvalue weighted by Crippen LogP contribution is -2.38. The molecular weight excluding hydrogens is 262 g/mol. The molecule has 0 bridgehead atoms. The predicted molar refractivity (Wildman–Crippen MR) is 87.9 cm³/mol. The molecule has 4 nitrogen and oxygen atoms in total. The quantitative estimate of drug-likeness (QED) is 0.784. The minimum absolute atomic E-state index is 0.133. The molecule has 0 saturated carbocycles. The Morgan fingerprint density at radius 2 is 1.71 bits per heavy atom. The zero-order chi connectivity index (χ0) is 16.0. The Kier molecular flexibility index (Phi) is 6.75. The van der Waals surface area contributed by atoms with Gasteiger partial charge in [-0.1, -0.05) is 6.92 Å². The van der Waals surface area contributed by atoms with Gasteiger partial charge in [0.2, 0.25) is 0 Å². The number of aromatic nitrogens is 2. The van der Waals surface area contributed by atoms with E-state index in [0.29, 0.717) is 12.5 Å². The summed E-state index contributed by atoms with van der Waals surface area (Å²) in [6, 6.07) is 0. The minimum atomic E-state index is 0.133. The Labute approximate surface area is 129 Å². The van der Waals surface area contributed by atoms with E-state index in [1.807, 2.05) is 6.92 Å². The summed E-state index contributed by atoms with van der Waals surface area (Å²) in [6.45, 7) is 17.3. The molecule has 120 valence electrons. The van der Waals surface area contributed by atoms with Crippen LogP contribution in [0.3, 0.4) is 0 Å². The highest BCUT2D eigenvalue weighted by molar-refractivity contribution is 5.28. The molecule has 0 aromatic carbocycles. The van der Waals surface area contributed by atoms with Gasteiger partial charge in [0.1, 0.15) is 5.82 Å². The van der Waals surface area contributed by atoms with Crippen LogP contribution in [0.2, 0.25) is 0 Å². The van der Waals surface area contributed by atoms with Crippen LogP contribution in [0.4, 0.5) is 0 Å². The largest absolute Gasteiger partial charge is 0.381 e. The maximum Gasteiger partial charge on any atom is 0.131 e. The Morgan fingerprint density at radius 3 is 2.19 bits per heavy atom. The van der Waals surface area contributed by atoms with Crippen LogP contribution in [0.15, 0.2) is 0 Å². The monoisotopic (exact) mass is 293 g/mol. The molecule has 1 rings (SSSR count). The molecule has 0 radical (unpaired) electrons. The highest BCUT2D eigenvalue weighted by atomic mass is 16.5. The van der Waals surface area contributed by atoms with Gasteiger partial charge in [-0.15, -0.1) is 0 Å². The van der Waals surface area contributed by atoms with Crippen molar-refractivity contribution in [1.29, 1.82) is 0 Å². The van der Waals surface area contributed by atoms with Gasteiger partial charge in [0.05, 0.1) is 6.61 Å². The number of rotatable bonds is 7. The third-order valence-corrected chi connectivity index (χ3v) is 3.48. The summed E-state index contributed by atoms with van der Waals surface area (Å²) in [7, 11) is 0. The van der Waals surface area contributed by atoms with Gasteiger partial charge in [0, 0.05) is 36.5 Å². The van der Waals surface area contributed by atoms with Crippen molar-refractivity contribution in [1.82, 2.24) is 15.3 Å². The Balaban J connectivity index is 2.79. The number of aryl methyl sites for hydroxylation is 2. The van der Waals surface area contributed by atoms with Gasteiger partial charge in [-0.25, -0.2) is 9.97 Å². The molecule has 1 atom stereocenters. The van der Waals surface area contributed by atoms with Crippen LogP contribution >= 0.6 is 0 Å². The van der Waals surface area contributed by atoms with Gasteiger partial charge in [-0.3, -0.25) is 0 Å². The average molecular weight is 293 g/mol. The van der Waals surface area contributed by atoms with Gasteiger partial charge in [-0.2, -0.15) is 0 Å². The fourth-order valence-electron chi connectivity index (χ4n) is 2.49. The molecule has 0 fully saturated rings. The van der Waals surface area contributed by atoms with E-state index in [0.717, 1.165) is 36.8 Å². The van der Waals surface area contributed by atoms with Crippen molar-refractivity contribution < 1.29 is 4.74 Å². The summed E-state index contributed by atoms with van der Waals surface area (Å²) < 4.78 is 5.38. The van der Waals surface area contributed by atoms with Crippen LogP contribution in [0.1, 0.15) is 63.3 Å². The molecule has 1 heterocycles. The minimum Gasteiger partial charge on any atom is -0.381 e. The lowest BCUT2D eigenvalue weighted by Gasteiger charge is -2.25. The van der Waals surface area contributed by atoms with Gasteiger partial charge < -0.3 is 10.1 Å². The summed E-state index contributed by atoms with van der Waals surface area (Å²) in [6.07, 6.45) is 0.782. The summed E-state index contributed by atoms with van der Waals surface area (Å²) in [5.41, 5.74) is 3.59. The summed E-state index contributed by atoms with van der Waals surface area (Å²) >= 11 is 0. The lowest BCUT2D eigenvalue weighted by atomic mass is 9.96. The first-order valence-corrected chi connectivity index (χ1v) is 7.91. The highest BCUT2D eigenvalue weighted by Gasteiger charge is 2.17. The molecule has 1 unspecified atom stereocenters. The van der Waals surface area contributed by atoms with Crippen LogP contribution < -0.4 is 5.32 Å². The van der Waals surface area contributed by atoms with E-state index in [4.69, 9.17) is 4.74 Å². The predicted octanol–water partition coefficient (Wildman–Crippen LogP) is 3.16. The third kappa shape index (κ3) is 6.10. The molecule has 1 N–H and O–H groups in total. The van der Waals surface area contributed by atoms with Crippen molar-refractivity contribution in [2.75, 3.05) is 19.8 Å². The first kappa shape index (κ1) is 18.1. The average Bonchev–Trinajstić information content (AvgIpc) is 2.35. The van der Waals surface area contributed by atoms with Crippen molar-refractivity contribution in [2.45, 2.75) is 66.3 Å². The summed E-state index contributed by atoms with van der Waals surface area (Å²) in [4.78, 5) is 9.30. The summed E-state index contributed by atoms with van der Waals surface area (Å²) in [5.74, 6) is 1.29. The third-order valence-electron chi connectivity index (χ3n) is 3.48. The lowest BCUT2D eigenvalue weighted by molar-refractivity contribution is 0.149. The van der Waals surface area contributed by atoms with Crippen LogP contribution in [0.25, 0.3) is 0 Å². The molecule has 0 amide bonds. The summed E-state index contributed by atoms with van der Waals surface area (Å²) in [5, 5.41) is 3.56. The SMILES string of the molecule is CCOCCc1nc(C)c(C(C)CNC(C)(C)C)c(C)n1. The first-order valence-electron chi connectivity index (χ1n) is 7.91. The Hall–Kier alpha value is -1.00. The zero-order valence-electron chi connectivity index (χ0n) is 14.7. The van der Waals surface area contributed by atoms with Crippen LogP contribution in [-0.4, -0.2) is 35.3 Å². The second kappa shape index (κ2) is 7.85. The first-order chi connectivity index (χ1) is 9.74. The number of nitrogens with one attached hydrogen (secondary N) is 1. The second-order valence-electron chi connectivity index (χ2n) is 6.70. The maximum absolute atomic E-state index is 5.38. The molecule has 0 aliphatic carbocycles. The van der Waals surface area contributed by atoms with E-state index < -0.39 is 0 Å². The molecule has 0 spiro atoms. The van der Waals surface area contributed by atoms with E-state index in [2.05, 4.69) is 56.8 Å². The van der Waals surface area contributed by atoms with E-state index in [9.17, 15) is 0 Å². The van der Waals surface area contributed by atoms with Crippen LogP contribution in [0, 0.1) is 13.8 Å². The van der Waals surface area contributed by atoms with E-state index in [1.54, 1.807) is 0 Å². The van der Waals surface area contributed by atoms with Crippen LogP contribution in [0.5, 0.6) is 0 Å². The standard InChI is InChI=1S/C17H31N3O/c1-8-21-10-9-15-19-13(3)16(14(4)20-15)12(2)11-18-17(5,6)7/h12,18H,8-11H2,1-7H3. The Morgan fingerprint density at radius 1 is 1.14 bits per heavy atom. The maximum atomic E-state index is 5.38. The number of hydrogen-bond acceptors (Lipinski definition) is 4. The number of ether oxygens (including phenoxy) is 1. The van der Waals surface area contributed by atoms with E-state index in [-0.39, 0.29) is 5.54 Å². The number of nitrogens with zero attached hydrogens (tertiary/aromatic N) is 2. The van der Waals surface area contributed by atoms with Gasteiger partial charge in [-0.05, 0) is 53.0 Å². The van der Waals surface area contributed by atoms with Crippen molar-refractivity contribution in [3.8, 4) is 0 Å². The zero-order valence-corrected chi connectivity index (χ0v) is 14.7. The van der Waals surface area contributed by atoms with E-state index in [1.165, 1.54) is 5.56 Å². The fourth-order valence-corrected chi connectivity index (χ4v) is 2.49. The van der Waals surface area contributed by atoms with Crippen molar-refractivity contribution in [3.05, 3.63) is 22.8 Å². The van der Waals surface area contributed by atoms with Gasteiger partial charge in [0.15, 0.2) is 0 Å². The highest BCUT2D eigenvalue weighted by Crippen LogP contribution is 2.21. The van der Waals surface area contributed by atoms with Crippen molar-refractivity contribution in [3.63, 3.8) is 0 Å². The van der Waals surface area contributed by atoms with Gasteiger partial charge in [0.25, 0.3) is 0 Å². The van der Waals surface area contributed by atoms with Crippen molar-refractivity contribution in [2.24, 2.45) is 0 Å². The Bertz CT molecular complexity index is 429. The number of hydrogen-bond donors (Lipinski definition) is 1. The molecule has 1 aromatic rings. The molecule has 0 saturated heterocycles. The molecule has 21 heavy (non-hydrogen) atoms. The molecule has 1 aromatic heterocycles. The second-order valence-corrected chi connectivity index (χ2v) is 6.70. The topological polar surface area (TPSA) is 47.0 Å². The molecular formula is C17H31N3O. The molecule has 0 aliphatic heterocycles. The molecule has 4 heteroatoms. The normalized spacial score (nSPS) is 13.5. The van der Waals surface area contributed by atoms with Crippen LogP contribution in [-0.2, 0) is 11.2 Å². The van der Waals surface area contributed by atoms with Gasteiger partial charge >= 0.3 is 0 Å².